The van der Waals surface area contributed by atoms with Crippen LogP contribution in [0.3, 0.4) is 0 Å². The van der Waals surface area contributed by atoms with E-state index < -0.39 is 6.10 Å². The molecule has 2 atom stereocenters. The van der Waals surface area contributed by atoms with Crippen molar-refractivity contribution in [3.63, 3.8) is 0 Å². The fourth-order valence-corrected chi connectivity index (χ4v) is 8.72. The summed E-state index contributed by atoms with van der Waals surface area (Å²) in [5, 5.41) is 0. The summed E-state index contributed by atoms with van der Waals surface area (Å²) in [6.45, 7) is 9.09. The molecule has 0 aromatic heterocycles. The van der Waals surface area contributed by atoms with E-state index in [1.165, 1.54) is 218 Å². The lowest BCUT2D eigenvalue weighted by atomic mass is 9.99. The number of hydrogen-bond donors (Lipinski definition) is 0. The Hall–Kier alpha value is -1.59. The molecule has 63 heavy (non-hydrogen) atoms. The summed E-state index contributed by atoms with van der Waals surface area (Å²) < 4.78 is 16.9. The fourth-order valence-electron chi connectivity index (χ4n) is 8.72. The Balaban J connectivity index is 4.28. The molecular weight excluding hydrogens is 781 g/mol. The summed E-state index contributed by atoms with van der Waals surface area (Å²) in [6.07, 6.45) is 55.1. The molecule has 0 heterocycles. The zero-order chi connectivity index (χ0) is 45.9. The first kappa shape index (κ1) is 61.4. The molecule has 0 N–H and O–H groups in total. The quantitative estimate of drug-likeness (QED) is 0.0344. The van der Waals surface area contributed by atoms with Gasteiger partial charge in [-0.05, 0) is 25.2 Å². The van der Waals surface area contributed by atoms with Crippen LogP contribution in [0.15, 0.2) is 0 Å². The van der Waals surface area contributed by atoms with E-state index in [1.54, 1.807) is 0 Å². The average molecular weight is 892 g/mol. The van der Waals surface area contributed by atoms with Gasteiger partial charge >= 0.3 is 17.9 Å². The summed E-state index contributed by atoms with van der Waals surface area (Å²) in [4.78, 5) is 38.1. The van der Waals surface area contributed by atoms with E-state index in [2.05, 4.69) is 27.7 Å². The maximum Gasteiger partial charge on any atom is 0.306 e. The zero-order valence-corrected chi connectivity index (χ0v) is 43.0. The van der Waals surface area contributed by atoms with Gasteiger partial charge in [-0.3, -0.25) is 14.4 Å². The van der Waals surface area contributed by atoms with Gasteiger partial charge in [-0.25, -0.2) is 0 Å². The van der Waals surface area contributed by atoms with Gasteiger partial charge in [0.05, 0.1) is 0 Å². The molecule has 0 rings (SSSR count). The molecule has 6 heteroatoms. The van der Waals surface area contributed by atoms with Crippen molar-refractivity contribution in [2.75, 3.05) is 13.2 Å². The van der Waals surface area contributed by atoms with Crippen molar-refractivity contribution in [2.45, 2.75) is 329 Å². The maximum absolute atomic E-state index is 12.8. The van der Waals surface area contributed by atoms with Crippen LogP contribution >= 0.6 is 0 Å². The minimum atomic E-state index is -0.761. The van der Waals surface area contributed by atoms with Gasteiger partial charge in [0.1, 0.15) is 13.2 Å². The molecule has 374 valence electrons. The predicted octanol–water partition coefficient (Wildman–Crippen LogP) is 18.6. The van der Waals surface area contributed by atoms with Crippen LogP contribution in [0.1, 0.15) is 323 Å². The molecule has 0 aliphatic carbocycles. The van der Waals surface area contributed by atoms with Crippen LogP contribution in [-0.4, -0.2) is 37.2 Å². The van der Waals surface area contributed by atoms with Crippen LogP contribution in [0, 0.1) is 5.92 Å². The molecule has 6 nitrogen and oxygen atoms in total. The lowest BCUT2D eigenvalue weighted by Gasteiger charge is -2.18. The number of unbranched alkanes of at least 4 members (excludes halogenated alkanes) is 38. The first-order chi connectivity index (χ1) is 30.9. The Labute approximate surface area is 393 Å². The van der Waals surface area contributed by atoms with Crippen molar-refractivity contribution in [3.8, 4) is 0 Å². The highest BCUT2D eigenvalue weighted by Crippen LogP contribution is 2.18. The highest BCUT2D eigenvalue weighted by molar-refractivity contribution is 5.71. The number of rotatable bonds is 52. The Morgan fingerprint density at radius 3 is 0.825 bits per heavy atom. The van der Waals surface area contributed by atoms with E-state index in [0.29, 0.717) is 19.3 Å². The molecule has 0 saturated carbocycles. The topological polar surface area (TPSA) is 78.9 Å². The Morgan fingerprint density at radius 1 is 0.317 bits per heavy atom. The van der Waals surface area contributed by atoms with Crippen molar-refractivity contribution >= 4 is 17.9 Å². The van der Waals surface area contributed by atoms with Gasteiger partial charge in [0.2, 0.25) is 0 Å². The predicted molar refractivity (Wildman–Crippen MR) is 270 cm³/mol. The van der Waals surface area contributed by atoms with Crippen LogP contribution in [0.25, 0.3) is 0 Å². The van der Waals surface area contributed by atoms with Crippen LogP contribution in [0.2, 0.25) is 0 Å². The molecule has 0 aliphatic heterocycles. The lowest BCUT2D eigenvalue weighted by Crippen LogP contribution is -2.30. The molecular formula is C57H110O6. The SMILES string of the molecule is CCCCCCCCCCCCCCCCC(=O)OC[C@H](COC(=O)CCCCCCCCCCCCCCCCC(C)CC)OC(=O)CCCCCCCCCCCCCCC. The number of hydrogen-bond acceptors (Lipinski definition) is 6. The van der Waals surface area contributed by atoms with E-state index in [0.717, 1.165) is 63.7 Å². The van der Waals surface area contributed by atoms with E-state index in [1.807, 2.05) is 0 Å². The Kier molecular flexibility index (Phi) is 50.1. The first-order valence-corrected chi connectivity index (χ1v) is 28.4. The molecule has 0 bridgehead atoms. The molecule has 0 amide bonds. The van der Waals surface area contributed by atoms with Crippen molar-refractivity contribution in [2.24, 2.45) is 5.92 Å². The monoisotopic (exact) mass is 891 g/mol. The lowest BCUT2D eigenvalue weighted by molar-refractivity contribution is -0.167. The molecule has 1 unspecified atom stereocenters. The van der Waals surface area contributed by atoms with Gasteiger partial charge in [0.15, 0.2) is 6.10 Å². The molecule has 0 saturated heterocycles. The third-order valence-corrected chi connectivity index (χ3v) is 13.4. The van der Waals surface area contributed by atoms with Gasteiger partial charge < -0.3 is 14.2 Å². The first-order valence-electron chi connectivity index (χ1n) is 28.4. The van der Waals surface area contributed by atoms with Crippen LogP contribution in [-0.2, 0) is 28.6 Å². The molecule has 0 aromatic rings. The summed E-state index contributed by atoms with van der Waals surface area (Å²) in [7, 11) is 0. The number of esters is 3. The van der Waals surface area contributed by atoms with Crippen molar-refractivity contribution in [1.82, 2.24) is 0 Å². The number of carbonyl (C=O) groups is 3. The van der Waals surface area contributed by atoms with E-state index in [4.69, 9.17) is 14.2 Å². The molecule has 0 aliphatic rings. The Morgan fingerprint density at radius 2 is 0.556 bits per heavy atom. The minimum Gasteiger partial charge on any atom is -0.462 e. The van der Waals surface area contributed by atoms with Gasteiger partial charge in [-0.2, -0.15) is 0 Å². The Bertz CT molecular complexity index is 951. The van der Waals surface area contributed by atoms with E-state index in [-0.39, 0.29) is 31.1 Å². The van der Waals surface area contributed by atoms with Crippen molar-refractivity contribution < 1.29 is 28.6 Å². The molecule has 0 aromatic carbocycles. The second kappa shape index (κ2) is 51.4. The smallest absolute Gasteiger partial charge is 0.306 e. The summed E-state index contributed by atoms with van der Waals surface area (Å²) in [6, 6.07) is 0. The second-order valence-electron chi connectivity index (χ2n) is 19.8. The molecule has 0 fully saturated rings. The minimum absolute atomic E-state index is 0.0619. The van der Waals surface area contributed by atoms with E-state index in [9.17, 15) is 14.4 Å². The van der Waals surface area contributed by atoms with Gasteiger partial charge in [-0.1, -0.05) is 285 Å². The fraction of sp³-hybridized carbons (Fsp3) is 0.947. The normalized spacial score (nSPS) is 12.4. The van der Waals surface area contributed by atoms with Crippen molar-refractivity contribution in [3.05, 3.63) is 0 Å². The summed E-state index contributed by atoms with van der Waals surface area (Å²) in [5.74, 6) is 0.0594. The second-order valence-corrected chi connectivity index (χ2v) is 19.8. The van der Waals surface area contributed by atoms with Crippen LogP contribution < -0.4 is 0 Å². The van der Waals surface area contributed by atoms with Crippen molar-refractivity contribution in [1.29, 1.82) is 0 Å². The number of ether oxygens (including phenoxy) is 3. The third-order valence-electron chi connectivity index (χ3n) is 13.4. The average Bonchev–Trinajstić information content (AvgIpc) is 3.28. The highest BCUT2D eigenvalue weighted by atomic mass is 16.6. The molecule has 0 radical (unpaired) electrons. The summed E-state index contributed by atoms with van der Waals surface area (Å²) >= 11 is 0. The van der Waals surface area contributed by atoms with Crippen LogP contribution in [0.4, 0.5) is 0 Å². The van der Waals surface area contributed by atoms with Gasteiger partial charge in [0.25, 0.3) is 0 Å². The van der Waals surface area contributed by atoms with Gasteiger partial charge in [0, 0.05) is 19.3 Å². The van der Waals surface area contributed by atoms with E-state index >= 15 is 0 Å². The third kappa shape index (κ3) is 49.7. The number of carbonyl (C=O) groups excluding carboxylic acids is 3. The maximum atomic E-state index is 12.8. The highest BCUT2D eigenvalue weighted by Gasteiger charge is 2.19. The van der Waals surface area contributed by atoms with Gasteiger partial charge in [-0.15, -0.1) is 0 Å². The van der Waals surface area contributed by atoms with Crippen LogP contribution in [0.5, 0.6) is 0 Å². The zero-order valence-electron chi connectivity index (χ0n) is 43.0. The standard InChI is InChI=1S/C57H110O6/c1-5-8-10-12-14-16-18-20-25-28-32-36-40-44-48-55(58)61-51-54(63-57(60)50-46-42-38-34-30-23-19-17-15-13-11-9-6-2)52-62-56(59)49-45-41-37-33-29-26-22-21-24-27-31-35-39-43-47-53(4)7-3/h53-54H,5-52H2,1-4H3/t53?,54-/m1/s1. The molecule has 0 spiro atoms. The largest absolute Gasteiger partial charge is 0.462 e. The summed E-state index contributed by atoms with van der Waals surface area (Å²) in [5.41, 5.74) is 0.